The molecule has 4 rings (SSSR count). The first-order valence-electron chi connectivity index (χ1n) is 5.36. The van der Waals surface area contributed by atoms with E-state index >= 15 is 0 Å². The van der Waals surface area contributed by atoms with Gasteiger partial charge in [-0.05, 0) is 25.2 Å². The van der Waals surface area contributed by atoms with Gasteiger partial charge in [-0.1, -0.05) is 0 Å². The molecule has 3 aliphatic carbocycles. The number of hydrogen-bond acceptors (Lipinski definition) is 2. The predicted molar refractivity (Wildman–Crippen MR) is 51.8 cm³/mol. The third-order valence-electron chi connectivity index (χ3n) is 3.73. The molecule has 0 aromatic carbocycles. The summed E-state index contributed by atoms with van der Waals surface area (Å²) in [5.74, 6) is 2.75. The highest BCUT2D eigenvalue weighted by atomic mass is 16.1. The fourth-order valence-corrected chi connectivity index (χ4v) is 3.05. The Hall–Kier alpha value is -1.12. The van der Waals surface area contributed by atoms with Gasteiger partial charge < -0.3 is 4.98 Å². The summed E-state index contributed by atoms with van der Waals surface area (Å²) in [5, 5.41) is 0. The Morgan fingerprint density at radius 2 is 2.29 bits per heavy atom. The molecule has 0 radical (unpaired) electrons. The van der Waals surface area contributed by atoms with Crippen LogP contribution in [0.15, 0.2) is 12.4 Å². The van der Waals surface area contributed by atoms with Gasteiger partial charge in [-0.25, -0.2) is 4.98 Å². The normalized spacial score (nSPS) is 36.3. The van der Waals surface area contributed by atoms with Crippen molar-refractivity contribution in [2.75, 3.05) is 0 Å². The zero-order valence-corrected chi connectivity index (χ0v) is 8.07. The number of aromatic nitrogens is 2. The molecule has 3 aliphatic rings. The molecule has 1 heterocycles. The molecule has 14 heavy (non-hydrogen) atoms. The van der Waals surface area contributed by atoms with Crippen LogP contribution in [-0.4, -0.2) is 15.8 Å². The van der Waals surface area contributed by atoms with E-state index in [4.69, 9.17) is 0 Å². The summed E-state index contributed by atoms with van der Waals surface area (Å²) in [5.41, 5.74) is 0. The van der Waals surface area contributed by atoms with Crippen LogP contribution < -0.4 is 0 Å². The molecular formula is C11H14N2O. The highest BCUT2D eigenvalue weighted by Crippen LogP contribution is 2.46. The number of ketones is 1. The van der Waals surface area contributed by atoms with Crippen molar-refractivity contribution in [3.05, 3.63) is 18.2 Å². The fraction of sp³-hybridized carbons (Fsp3) is 0.636. The van der Waals surface area contributed by atoms with Gasteiger partial charge in [0.25, 0.3) is 0 Å². The van der Waals surface area contributed by atoms with Crippen LogP contribution in [0.4, 0.5) is 0 Å². The smallest absolute Gasteiger partial charge is 0.136 e. The van der Waals surface area contributed by atoms with Crippen LogP contribution in [0, 0.1) is 11.8 Å². The van der Waals surface area contributed by atoms with E-state index in [1.807, 2.05) is 6.20 Å². The quantitative estimate of drug-likeness (QED) is 0.735. The monoisotopic (exact) mass is 190 g/mol. The molecule has 0 aliphatic heterocycles. The van der Waals surface area contributed by atoms with Crippen molar-refractivity contribution in [2.24, 2.45) is 11.8 Å². The lowest BCUT2D eigenvalue weighted by atomic mass is 9.64. The third-order valence-corrected chi connectivity index (χ3v) is 3.73. The average molecular weight is 190 g/mol. The van der Waals surface area contributed by atoms with Crippen LogP contribution >= 0.6 is 0 Å². The number of Topliss-reactive ketones (excluding diaryl/α,β-unsaturated/α-hetero) is 1. The molecule has 0 amide bonds. The molecule has 0 saturated heterocycles. The lowest BCUT2D eigenvalue weighted by molar-refractivity contribution is -0.130. The molecule has 3 atom stereocenters. The lowest BCUT2D eigenvalue weighted by Gasteiger charge is -2.40. The molecule has 2 bridgehead atoms. The zero-order valence-electron chi connectivity index (χ0n) is 8.07. The summed E-state index contributed by atoms with van der Waals surface area (Å²) < 4.78 is 0. The van der Waals surface area contributed by atoms with Crippen LogP contribution in [0.5, 0.6) is 0 Å². The Morgan fingerprint density at radius 3 is 2.93 bits per heavy atom. The zero-order chi connectivity index (χ0) is 9.54. The number of hydrogen-bond donors (Lipinski definition) is 1. The molecular weight excluding hydrogens is 176 g/mol. The molecule has 0 spiro atoms. The van der Waals surface area contributed by atoms with Crippen LogP contribution in [0.25, 0.3) is 0 Å². The number of nitrogens with one attached hydrogen (secondary N) is 1. The minimum Gasteiger partial charge on any atom is -0.348 e. The second-order valence-electron chi connectivity index (χ2n) is 4.54. The van der Waals surface area contributed by atoms with E-state index in [0.717, 1.165) is 25.1 Å². The Kier molecular flexibility index (Phi) is 1.72. The van der Waals surface area contributed by atoms with Crippen LogP contribution in [0.3, 0.4) is 0 Å². The maximum absolute atomic E-state index is 11.7. The highest BCUT2D eigenvalue weighted by molar-refractivity contribution is 5.83. The van der Waals surface area contributed by atoms with E-state index < -0.39 is 0 Å². The van der Waals surface area contributed by atoms with Crippen LogP contribution in [0.2, 0.25) is 0 Å². The molecule has 1 aromatic rings. The molecule has 74 valence electrons. The topological polar surface area (TPSA) is 45.8 Å². The van der Waals surface area contributed by atoms with E-state index in [0.29, 0.717) is 17.6 Å². The number of H-pyrrole nitrogens is 1. The minimum absolute atomic E-state index is 0.256. The van der Waals surface area contributed by atoms with E-state index in [1.54, 1.807) is 6.20 Å². The second-order valence-corrected chi connectivity index (χ2v) is 4.54. The first-order valence-corrected chi connectivity index (χ1v) is 5.36. The van der Waals surface area contributed by atoms with Crippen molar-refractivity contribution < 1.29 is 4.79 Å². The van der Waals surface area contributed by atoms with E-state index in [-0.39, 0.29) is 5.92 Å². The predicted octanol–water partition coefficient (Wildman–Crippen LogP) is 1.88. The van der Waals surface area contributed by atoms with Crippen molar-refractivity contribution in [1.29, 1.82) is 0 Å². The maximum Gasteiger partial charge on any atom is 0.136 e. The van der Waals surface area contributed by atoms with Gasteiger partial charge in [0.2, 0.25) is 0 Å². The highest BCUT2D eigenvalue weighted by Gasteiger charge is 2.42. The van der Waals surface area contributed by atoms with Gasteiger partial charge in [0.1, 0.15) is 11.6 Å². The van der Waals surface area contributed by atoms with Crippen molar-refractivity contribution in [2.45, 2.75) is 31.6 Å². The lowest BCUT2D eigenvalue weighted by Crippen LogP contribution is -2.37. The first kappa shape index (κ1) is 8.21. The van der Waals surface area contributed by atoms with Crippen molar-refractivity contribution in [1.82, 2.24) is 9.97 Å². The average Bonchev–Trinajstić information content (AvgIpc) is 2.70. The minimum atomic E-state index is 0.256. The second kappa shape index (κ2) is 2.94. The van der Waals surface area contributed by atoms with Gasteiger partial charge >= 0.3 is 0 Å². The maximum atomic E-state index is 11.7. The summed E-state index contributed by atoms with van der Waals surface area (Å²) in [6.07, 6.45) is 7.93. The van der Waals surface area contributed by atoms with Gasteiger partial charge in [-0.3, -0.25) is 4.79 Å². The number of carbonyl (C=O) groups is 1. The Labute approximate surface area is 82.9 Å². The molecule has 3 saturated carbocycles. The molecule has 1 aromatic heterocycles. The third kappa shape index (κ3) is 1.11. The Balaban J connectivity index is 1.91. The van der Waals surface area contributed by atoms with Crippen LogP contribution in [-0.2, 0) is 4.79 Å². The molecule has 0 unspecified atom stereocenters. The summed E-state index contributed by atoms with van der Waals surface area (Å²) in [6.45, 7) is 0. The summed E-state index contributed by atoms with van der Waals surface area (Å²) in [6, 6.07) is 0. The number of fused-ring (bicyclic) bond motifs is 3. The van der Waals surface area contributed by atoms with Gasteiger partial charge in [0, 0.05) is 30.7 Å². The van der Waals surface area contributed by atoms with Gasteiger partial charge in [-0.15, -0.1) is 0 Å². The van der Waals surface area contributed by atoms with Crippen molar-refractivity contribution in [3.8, 4) is 0 Å². The fourth-order valence-electron chi connectivity index (χ4n) is 3.05. The number of carbonyl (C=O) groups excluding carboxylic acids is 1. The molecule has 3 heteroatoms. The largest absolute Gasteiger partial charge is 0.348 e. The Bertz CT molecular complexity index is 344. The van der Waals surface area contributed by atoms with Gasteiger partial charge in [0.05, 0.1) is 0 Å². The SMILES string of the molecule is O=C1C[C@H]2CC[C@@H]1[C@@H](c1ncc[nH]1)C2. The summed E-state index contributed by atoms with van der Waals surface area (Å²) in [4.78, 5) is 19.2. The van der Waals surface area contributed by atoms with E-state index in [9.17, 15) is 4.79 Å². The van der Waals surface area contributed by atoms with E-state index in [1.165, 1.54) is 6.42 Å². The van der Waals surface area contributed by atoms with Crippen molar-refractivity contribution in [3.63, 3.8) is 0 Å². The standard InChI is InChI=1S/C11H14N2O/c14-10-6-7-1-2-8(10)9(5-7)11-12-3-4-13-11/h3-4,7-9H,1-2,5-6H2,(H,12,13)/t7-,8+,9-/m0/s1. The number of rotatable bonds is 1. The number of nitrogens with zero attached hydrogens (tertiary/aromatic N) is 1. The van der Waals surface area contributed by atoms with Crippen LogP contribution in [0.1, 0.15) is 37.4 Å². The summed E-state index contributed by atoms with van der Waals surface area (Å²) >= 11 is 0. The molecule has 3 nitrogen and oxygen atoms in total. The summed E-state index contributed by atoms with van der Waals surface area (Å²) in [7, 11) is 0. The van der Waals surface area contributed by atoms with Gasteiger partial charge in [-0.2, -0.15) is 0 Å². The first-order chi connectivity index (χ1) is 6.84. The van der Waals surface area contributed by atoms with E-state index in [2.05, 4.69) is 9.97 Å². The molecule has 3 fully saturated rings. The Morgan fingerprint density at radius 1 is 1.36 bits per heavy atom. The van der Waals surface area contributed by atoms with Gasteiger partial charge in [0.15, 0.2) is 0 Å². The number of imidazole rings is 1. The number of aromatic amines is 1. The molecule has 1 N–H and O–H groups in total. The van der Waals surface area contributed by atoms with Crippen molar-refractivity contribution >= 4 is 5.78 Å².